The van der Waals surface area contributed by atoms with Crippen LogP contribution in [0.4, 0.5) is 0 Å². The van der Waals surface area contributed by atoms with E-state index in [0.29, 0.717) is 11.3 Å². The van der Waals surface area contributed by atoms with Crippen LogP contribution in [0.1, 0.15) is 30.9 Å². The van der Waals surface area contributed by atoms with E-state index >= 15 is 0 Å². The first-order chi connectivity index (χ1) is 10.2. The van der Waals surface area contributed by atoms with Gasteiger partial charge in [-0.25, -0.2) is 0 Å². The van der Waals surface area contributed by atoms with E-state index in [1.165, 1.54) is 0 Å². The fourth-order valence-corrected chi connectivity index (χ4v) is 2.53. The Balaban J connectivity index is 1.77. The Morgan fingerprint density at radius 1 is 1.33 bits per heavy atom. The molecule has 0 fully saturated rings. The van der Waals surface area contributed by atoms with E-state index in [2.05, 4.69) is 6.07 Å². The van der Waals surface area contributed by atoms with Gasteiger partial charge in [0.15, 0.2) is 5.76 Å². The van der Waals surface area contributed by atoms with Gasteiger partial charge in [-0.05, 0) is 49.6 Å². The normalized spacial score (nSPS) is 20.6. The molecule has 0 N–H and O–H groups in total. The molecule has 0 aromatic heterocycles. The number of allylic oxidation sites excluding steroid dienone is 2. The summed E-state index contributed by atoms with van der Waals surface area (Å²) in [6, 6.07) is 7.55. The Hall–Kier alpha value is -2.41. The van der Waals surface area contributed by atoms with Gasteiger partial charge < -0.3 is 14.2 Å². The molecular formula is C17H17NO3. The zero-order valence-corrected chi connectivity index (χ0v) is 12.2. The molecule has 1 unspecified atom stereocenters. The molecular weight excluding hydrogens is 266 g/mol. The molecule has 108 valence electrons. The van der Waals surface area contributed by atoms with Crippen molar-refractivity contribution in [3.05, 3.63) is 52.5 Å². The van der Waals surface area contributed by atoms with Crippen molar-refractivity contribution < 1.29 is 14.2 Å². The van der Waals surface area contributed by atoms with E-state index in [1.807, 2.05) is 26.0 Å². The fraction of sp³-hybridized carbons (Fsp3) is 0.353. The van der Waals surface area contributed by atoms with Crippen molar-refractivity contribution in [2.24, 2.45) is 0 Å². The molecule has 0 saturated heterocycles. The molecule has 1 atom stereocenters. The van der Waals surface area contributed by atoms with Crippen molar-refractivity contribution >= 4 is 0 Å². The second-order valence-electron chi connectivity index (χ2n) is 5.25. The fourth-order valence-electron chi connectivity index (χ4n) is 2.53. The monoisotopic (exact) mass is 283 g/mol. The first-order valence-corrected chi connectivity index (χ1v) is 7.06. The van der Waals surface area contributed by atoms with Crippen molar-refractivity contribution in [2.75, 3.05) is 6.61 Å². The number of aryl methyl sites for hydroxylation is 1. The molecule has 1 aromatic rings. The van der Waals surface area contributed by atoms with Gasteiger partial charge in [-0.15, -0.1) is 0 Å². The van der Waals surface area contributed by atoms with Crippen LogP contribution in [0.15, 0.2) is 41.4 Å². The number of nitriles is 1. The highest BCUT2D eigenvalue weighted by molar-refractivity contribution is 5.42. The molecule has 0 bridgehead atoms. The summed E-state index contributed by atoms with van der Waals surface area (Å²) in [7, 11) is 0. The van der Waals surface area contributed by atoms with Gasteiger partial charge in [-0.2, -0.15) is 5.26 Å². The van der Waals surface area contributed by atoms with Crippen LogP contribution in [-0.4, -0.2) is 12.9 Å². The van der Waals surface area contributed by atoms with Gasteiger partial charge in [0, 0.05) is 12.5 Å². The Morgan fingerprint density at radius 3 is 2.95 bits per heavy atom. The molecule has 0 saturated carbocycles. The number of nitrogens with zero attached hydrogens (tertiary/aromatic N) is 1. The quantitative estimate of drug-likeness (QED) is 0.832. The van der Waals surface area contributed by atoms with E-state index in [-0.39, 0.29) is 0 Å². The summed E-state index contributed by atoms with van der Waals surface area (Å²) >= 11 is 0. The van der Waals surface area contributed by atoms with Crippen LogP contribution in [0.25, 0.3) is 0 Å². The van der Waals surface area contributed by atoms with Crippen LogP contribution >= 0.6 is 0 Å². The summed E-state index contributed by atoms with van der Waals surface area (Å²) in [5.74, 6) is 2.43. The topological polar surface area (TPSA) is 51.5 Å². The molecule has 2 heterocycles. The molecule has 0 radical (unpaired) electrons. The minimum Gasteiger partial charge on any atom is -0.490 e. The first kappa shape index (κ1) is 13.6. The summed E-state index contributed by atoms with van der Waals surface area (Å²) in [6.07, 6.45) is 3.32. The lowest BCUT2D eigenvalue weighted by atomic mass is 10.1. The van der Waals surface area contributed by atoms with Gasteiger partial charge >= 0.3 is 0 Å². The predicted molar refractivity (Wildman–Crippen MR) is 77.4 cm³/mol. The third kappa shape index (κ3) is 2.73. The summed E-state index contributed by atoms with van der Waals surface area (Å²) in [5.41, 5.74) is 2.60. The van der Waals surface area contributed by atoms with E-state index in [0.717, 1.165) is 42.1 Å². The molecule has 21 heavy (non-hydrogen) atoms. The summed E-state index contributed by atoms with van der Waals surface area (Å²) in [4.78, 5) is 0. The molecule has 4 nitrogen and oxygen atoms in total. The maximum absolute atomic E-state index is 8.95. The average Bonchev–Trinajstić information content (AvgIpc) is 2.47. The van der Waals surface area contributed by atoms with Crippen molar-refractivity contribution in [3.8, 4) is 11.8 Å². The Kier molecular flexibility index (Phi) is 3.57. The van der Waals surface area contributed by atoms with Crippen molar-refractivity contribution in [2.45, 2.75) is 33.0 Å². The smallest absolute Gasteiger partial charge is 0.261 e. The molecule has 1 aromatic carbocycles. The molecule has 2 aliphatic rings. The maximum Gasteiger partial charge on any atom is 0.261 e. The summed E-state index contributed by atoms with van der Waals surface area (Å²) < 4.78 is 17.3. The lowest BCUT2D eigenvalue weighted by molar-refractivity contribution is -0.0300. The number of hydrogen-bond acceptors (Lipinski definition) is 4. The number of benzene rings is 1. The van der Waals surface area contributed by atoms with Gasteiger partial charge in [0.25, 0.3) is 6.29 Å². The third-order valence-electron chi connectivity index (χ3n) is 3.62. The predicted octanol–water partition coefficient (Wildman–Crippen LogP) is 3.57. The molecule has 0 aliphatic carbocycles. The first-order valence-electron chi connectivity index (χ1n) is 7.06. The largest absolute Gasteiger partial charge is 0.490 e. The Bertz CT molecular complexity index is 667. The lowest BCUT2D eigenvalue weighted by Gasteiger charge is -2.29. The van der Waals surface area contributed by atoms with E-state index in [4.69, 9.17) is 19.5 Å². The van der Waals surface area contributed by atoms with Gasteiger partial charge in [0.05, 0.1) is 18.2 Å². The Labute approximate surface area is 124 Å². The third-order valence-corrected chi connectivity index (χ3v) is 3.62. The van der Waals surface area contributed by atoms with Crippen LogP contribution in [-0.2, 0) is 9.47 Å². The minimum absolute atomic E-state index is 0.446. The zero-order chi connectivity index (χ0) is 14.8. The van der Waals surface area contributed by atoms with Crippen molar-refractivity contribution in [1.29, 1.82) is 5.26 Å². The van der Waals surface area contributed by atoms with Crippen LogP contribution < -0.4 is 4.74 Å². The lowest BCUT2D eigenvalue weighted by Crippen LogP contribution is -2.25. The van der Waals surface area contributed by atoms with E-state index in [1.54, 1.807) is 12.1 Å². The summed E-state index contributed by atoms with van der Waals surface area (Å²) in [6.45, 7) is 4.64. The molecule has 2 aliphatic heterocycles. The van der Waals surface area contributed by atoms with Gasteiger partial charge in [-0.3, -0.25) is 0 Å². The van der Waals surface area contributed by atoms with Gasteiger partial charge in [0.2, 0.25) is 0 Å². The second-order valence-corrected chi connectivity index (χ2v) is 5.25. The zero-order valence-electron chi connectivity index (χ0n) is 12.2. The highest BCUT2D eigenvalue weighted by Crippen LogP contribution is 2.32. The van der Waals surface area contributed by atoms with Crippen LogP contribution in [0.3, 0.4) is 0 Å². The average molecular weight is 283 g/mol. The van der Waals surface area contributed by atoms with E-state index < -0.39 is 6.29 Å². The van der Waals surface area contributed by atoms with Crippen molar-refractivity contribution in [1.82, 2.24) is 0 Å². The Morgan fingerprint density at radius 2 is 2.19 bits per heavy atom. The standard InChI is InChI=1S/C17H17NO3/c1-11-8-14(6-5-13(11)10-18)20-16-9-12(2)17-15(21-16)4-3-7-19-17/h5-6,8-9,16H,3-4,7H2,1-2H3. The maximum atomic E-state index is 8.95. The summed E-state index contributed by atoms with van der Waals surface area (Å²) in [5, 5.41) is 8.95. The molecule has 0 spiro atoms. The minimum atomic E-state index is -0.446. The molecule has 4 heteroatoms. The highest BCUT2D eigenvalue weighted by Gasteiger charge is 2.26. The number of ether oxygens (including phenoxy) is 3. The van der Waals surface area contributed by atoms with E-state index in [9.17, 15) is 0 Å². The van der Waals surface area contributed by atoms with Gasteiger partial charge in [-0.1, -0.05) is 0 Å². The molecule has 3 rings (SSSR count). The SMILES string of the molecule is CC1=CC(Oc2ccc(C#N)c(C)c2)OC2=C1OCCC2. The highest BCUT2D eigenvalue weighted by atomic mass is 16.7. The van der Waals surface area contributed by atoms with Gasteiger partial charge in [0.1, 0.15) is 11.5 Å². The number of rotatable bonds is 2. The molecule has 0 amide bonds. The van der Waals surface area contributed by atoms with Crippen LogP contribution in [0, 0.1) is 18.3 Å². The van der Waals surface area contributed by atoms with Crippen LogP contribution in [0.5, 0.6) is 5.75 Å². The van der Waals surface area contributed by atoms with Crippen molar-refractivity contribution in [3.63, 3.8) is 0 Å². The second kappa shape index (κ2) is 5.53. The number of hydrogen-bond donors (Lipinski definition) is 0. The van der Waals surface area contributed by atoms with Crippen LogP contribution in [0.2, 0.25) is 0 Å².